The van der Waals surface area contributed by atoms with Crippen LogP contribution in [0.3, 0.4) is 0 Å². The van der Waals surface area contributed by atoms with Gasteiger partial charge in [0.2, 0.25) is 0 Å². The molecule has 0 N–H and O–H groups in total. The largest absolute Gasteiger partial charge is 0.248 e. The molecule has 1 aliphatic carbocycles. The minimum atomic E-state index is 1.02. The summed E-state index contributed by atoms with van der Waals surface area (Å²) in [4.78, 5) is 0. The van der Waals surface area contributed by atoms with Gasteiger partial charge in [0.1, 0.15) is 0 Å². The van der Waals surface area contributed by atoms with Crippen LogP contribution in [0.25, 0.3) is 46.1 Å². The van der Waals surface area contributed by atoms with E-state index in [1.807, 2.05) is 24.3 Å². The van der Waals surface area contributed by atoms with Crippen LogP contribution in [0.15, 0.2) is 73.2 Å². The van der Waals surface area contributed by atoms with E-state index in [2.05, 4.69) is 82.5 Å². The van der Waals surface area contributed by atoms with Gasteiger partial charge in [0.25, 0.3) is 0 Å². The lowest BCUT2D eigenvalue weighted by Crippen LogP contribution is -2.12. The smallest absolute Gasteiger partial charge is 0.0806 e. The summed E-state index contributed by atoms with van der Waals surface area (Å²) in [5, 5.41) is 2.36. The van der Waals surface area contributed by atoms with Gasteiger partial charge in [-0.3, -0.25) is 0 Å². The molecule has 0 unspecified atom stereocenters. The van der Waals surface area contributed by atoms with Crippen LogP contribution in [0.1, 0.15) is 22.5 Å². The summed E-state index contributed by atoms with van der Waals surface area (Å²) in [6, 6.07) is 16.8. The maximum atomic E-state index is 4.07. The first-order chi connectivity index (χ1) is 12.8. The number of nitrogens with zero attached hydrogens (tertiary/aromatic N) is 2. The third kappa shape index (κ3) is 1.77. The maximum absolute atomic E-state index is 4.07. The molecule has 2 nitrogen and oxygen atoms in total. The molecule has 0 saturated carbocycles. The van der Waals surface area contributed by atoms with Gasteiger partial charge in [-0.25, -0.2) is 9.35 Å². The number of hydrogen-bond acceptors (Lipinski definition) is 0. The zero-order valence-corrected chi connectivity index (χ0v) is 14.2. The molecule has 0 radical (unpaired) electrons. The van der Waals surface area contributed by atoms with E-state index in [1.54, 1.807) is 0 Å². The zero-order chi connectivity index (χ0) is 17.7. The average Bonchev–Trinajstić information content (AvgIpc) is 3.19. The lowest BCUT2D eigenvalue weighted by Gasteiger charge is -2.15. The molecule has 4 aromatic rings. The molecule has 122 valence electrons. The molecular formula is C24H16N2. The first kappa shape index (κ1) is 14.6. The van der Waals surface area contributed by atoms with Crippen LogP contribution in [0.5, 0.6) is 0 Å². The van der Waals surface area contributed by atoms with Crippen LogP contribution < -0.4 is 0 Å². The first-order valence-electron chi connectivity index (χ1n) is 8.55. The van der Waals surface area contributed by atoms with E-state index in [1.165, 1.54) is 5.39 Å². The minimum Gasteiger partial charge on any atom is -0.248 e. The van der Waals surface area contributed by atoms with Gasteiger partial charge < -0.3 is 0 Å². The number of benzene rings is 2. The molecule has 5 rings (SSSR count). The van der Waals surface area contributed by atoms with Gasteiger partial charge in [-0.2, -0.15) is 0 Å². The molecule has 0 atom stereocenters. The Morgan fingerprint density at radius 2 is 1.38 bits per heavy atom. The summed E-state index contributed by atoms with van der Waals surface area (Å²) in [5.74, 6) is 0. The molecule has 26 heavy (non-hydrogen) atoms. The third-order valence-corrected chi connectivity index (χ3v) is 4.96. The molecule has 0 amide bonds. The highest BCUT2D eigenvalue weighted by Crippen LogP contribution is 2.34. The Balaban J connectivity index is 2.04. The second kappa shape index (κ2) is 5.40. The molecular weight excluding hydrogens is 316 g/mol. The number of hydrogen-bond donors (Lipinski definition) is 0. The van der Waals surface area contributed by atoms with Crippen molar-refractivity contribution in [3.63, 3.8) is 0 Å². The standard InChI is InChI=1S/C24H16N2/c1-3-17-18-11-5-8-14-22(18)25(21(17)4-2)26-23-15-9-6-12-19(23)20-13-7-10-16-24(20)26/h3-6,8-9,11-16H,1-2H2. The fraction of sp³-hybridized carbons (Fsp3) is 0. The van der Waals surface area contributed by atoms with E-state index in [0.717, 1.165) is 38.9 Å². The van der Waals surface area contributed by atoms with Crippen molar-refractivity contribution in [1.82, 2.24) is 9.35 Å². The Morgan fingerprint density at radius 3 is 2.12 bits per heavy atom. The van der Waals surface area contributed by atoms with Crippen LogP contribution in [0, 0.1) is 0 Å². The normalized spacial score (nSPS) is 12.0. The number of aromatic nitrogens is 2. The lowest BCUT2D eigenvalue weighted by molar-refractivity contribution is 0.704. The Labute approximate surface area is 151 Å². The van der Waals surface area contributed by atoms with Crippen molar-refractivity contribution >= 4 is 46.1 Å². The Hall–Kier alpha value is -3.70. The van der Waals surface area contributed by atoms with Crippen molar-refractivity contribution in [3.05, 3.63) is 95.7 Å². The van der Waals surface area contributed by atoms with Gasteiger partial charge in [0, 0.05) is 28.0 Å². The van der Waals surface area contributed by atoms with Crippen molar-refractivity contribution < 1.29 is 0 Å². The van der Waals surface area contributed by atoms with Crippen molar-refractivity contribution in [2.75, 3.05) is 0 Å². The predicted molar refractivity (Wildman–Crippen MR) is 111 cm³/mol. The molecule has 0 bridgehead atoms. The monoisotopic (exact) mass is 332 g/mol. The topological polar surface area (TPSA) is 9.86 Å². The fourth-order valence-corrected chi connectivity index (χ4v) is 3.89. The number of fused-ring (bicyclic) bond motifs is 4. The fourth-order valence-electron chi connectivity index (χ4n) is 3.89. The summed E-state index contributed by atoms with van der Waals surface area (Å²) in [6.07, 6.45) is 7.80. The summed E-state index contributed by atoms with van der Waals surface area (Å²) >= 11 is 0. The molecule has 2 heterocycles. The van der Waals surface area contributed by atoms with E-state index in [-0.39, 0.29) is 0 Å². The van der Waals surface area contributed by atoms with Crippen LogP contribution in [-0.4, -0.2) is 9.35 Å². The Morgan fingerprint density at radius 1 is 0.731 bits per heavy atom. The highest BCUT2D eigenvalue weighted by Gasteiger charge is 2.20. The molecule has 1 aliphatic rings. The average molecular weight is 332 g/mol. The van der Waals surface area contributed by atoms with Gasteiger partial charge in [0.15, 0.2) is 0 Å². The molecule has 0 spiro atoms. The van der Waals surface area contributed by atoms with Gasteiger partial charge >= 0.3 is 0 Å². The molecule has 2 heteroatoms. The van der Waals surface area contributed by atoms with E-state index in [9.17, 15) is 0 Å². The maximum Gasteiger partial charge on any atom is 0.0806 e. The first-order valence-corrected chi connectivity index (χ1v) is 8.55. The van der Waals surface area contributed by atoms with Crippen molar-refractivity contribution in [3.8, 4) is 0 Å². The van der Waals surface area contributed by atoms with Crippen LogP contribution in [-0.2, 0) is 0 Å². The summed E-state index contributed by atoms with van der Waals surface area (Å²) in [5.41, 5.74) is 12.8. The number of rotatable bonds is 3. The van der Waals surface area contributed by atoms with Crippen molar-refractivity contribution in [2.24, 2.45) is 0 Å². The molecule has 0 fully saturated rings. The summed E-state index contributed by atoms with van der Waals surface area (Å²) in [6.45, 7) is 8.10. The summed E-state index contributed by atoms with van der Waals surface area (Å²) in [7, 11) is 0. The molecule has 2 aromatic heterocycles. The molecule has 0 aliphatic heterocycles. The minimum absolute atomic E-state index is 1.02. The van der Waals surface area contributed by atoms with Crippen LogP contribution >= 0.6 is 0 Å². The van der Waals surface area contributed by atoms with E-state index >= 15 is 0 Å². The van der Waals surface area contributed by atoms with Crippen LogP contribution in [0.4, 0.5) is 0 Å². The predicted octanol–water partition coefficient (Wildman–Crippen LogP) is 5.99. The number of para-hydroxylation sites is 2. The van der Waals surface area contributed by atoms with E-state index in [4.69, 9.17) is 0 Å². The van der Waals surface area contributed by atoms with Gasteiger partial charge in [0.05, 0.1) is 22.4 Å². The second-order valence-corrected chi connectivity index (χ2v) is 6.24. The van der Waals surface area contributed by atoms with Crippen molar-refractivity contribution in [1.29, 1.82) is 0 Å². The molecule has 0 saturated heterocycles. The van der Waals surface area contributed by atoms with E-state index in [0.29, 0.717) is 0 Å². The Bertz CT molecular complexity index is 1330. The Kier molecular flexibility index (Phi) is 3.04. The third-order valence-electron chi connectivity index (χ3n) is 4.96. The highest BCUT2D eigenvalue weighted by molar-refractivity contribution is 5.97. The summed E-state index contributed by atoms with van der Waals surface area (Å²) < 4.78 is 4.46. The van der Waals surface area contributed by atoms with Gasteiger partial charge in [-0.1, -0.05) is 67.1 Å². The highest BCUT2D eigenvalue weighted by atomic mass is 15.5. The van der Waals surface area contributed by atoms with Crippen LogP contribution in [0.2, 0.25) is 0 Å². The van der Waals surface area contributed by atoms with Gasteiger partial charge in [-0.05, 0) is 24.3 Å². The van der Waals surface area contributed by atoms with Gasteiger partial charge in [-0.15, -0.1) is 0 Å². The SMILES string of the molecule is C=Cc1c(C=C)n(-n2c3c(c4ccccc42)C=C=C=C3)c2ccccc12. The quantitative estimate of drug-likeness (QED) is 0.359. The van der Waals surface area contributed by atoms with Crippen molar-refractivity contribution in [2.45, 2.75) is 0 Å². The lowest BCUT2D eigenvalue weighted by atomic mass is 10.1. The van der Waals surface area contributed by atoms with E-state index < -0.39 is 0 Å². The zero-order valence-electron chi connectivity index (χ0n) is 14.2. The second-order valence-electron chi connectivity index (χ2n) is 6.24. The molecule has 2 aromatic carbocycles.